The average molecular weight is 523 g/mol. The van der Waals surface area contributed by atoms with Gasteiger partial charge in [-0.3, -0.25) is 4.79 Å². The van der Waals surface area contributed by atoms with Gasteiger partial charge in [0.25, 0.3) is 0 Å². The van der Waals surface area contributed by atoms with Crippen LogP contribution in [0, 0.1) is 5.92 Å². The van der Waals surface area contributed by atoms with E-state index in [-0.39, 0.29) is 25.3 Å². The lowest BCUT2D eigenvalue weighted by Gasteiger charge is -2.26. The van der Waals surface area contributed by atoms with Crippen LogP contribution in [0.3, 0.4) is 0 Å². The molecule has 10 nitrogen and oxygen atoms in total. The van der Waals surface area contributed by atoms with Gasteiger partial charge in [-0.05, 0) is 38.5 Å². The number of carbonyl (C=O) groups excluding carboxylic acids is 1. The predicted molar refractivity (Wildman–Crippen MR) is 134 cm³/mol. The Morgan fingerprint density at radius 3 is 2.41 bits per heavy atom. The second kappa shape index (κ2) is 13.0. The molecule has 0 radical (unpaired) electrons. The Bertz CT molecular complexity index is 972. The number of hydrogen-bond donors (Lipinski definition) is 1. The van der Waals surface area contributed by atoms with E-state index < -0.39 is 36.5 Å². The van der Waals surface area contributed by atoms with E-state index in [9.17, 15) is 9.90 Å². The molecule has 0 spiro atoms. The third-order valence-corrected chi connectivity index (χ3v) is 6.19. The van der Waals surface area contributed by atoms with Crippen molar-refractivity contribution in [1.82, 2.24) is 0 Å². The van der Waals surface area contributed by atoms with E-state index in [2.05, 4.69) is 0 Å². The second-order valence-corrected chi connectivity index (χ2v) is 9.41. The molecule has 1 fully saturated rings. The first kappa shape index (κ1) is 29.2. The zero-order chi connectivity index (χ0) is 27.2. The number of carbonyl (C=O) groups is 1. The Labute approximate surface area is 218 Å². The summed E-state index contributed by atoms with van der Waals surface area (Å²) in [6.45, 7) is 7.12. The number of aliphatic hydroxyl groups excluding tert-OH is 1. The summed E-state index contributed by atoms with van der Waals surface area (Å²) >= 11 is 0. The van der Waals surface area contributed by atoms with Crippen molar-refractivity contribution in [3.8, 4) is 11.5 Å². The lowest BCUT2D eigenvalue weighted by Crippen LogP contribution is -2.40. The first-order valence-electron chi connectivity index (χ1n) is 12.1. The van der Waals surface area contributed by atoms with Crippen molar-refractivity contribution in [1.29, 1.82) is 0 Å². The standard InChI is InChI=1S/C27H38O10/c1-16-8-10-20(28)24-25(37-27(3,4)36-24)21(33-14-30-5)11-9-18-12-19(32-7)13-22(34-15-31-6)23(18)26(29)35-17(16)2/h8-13,16-17,21,24-26,29H,14-15H2,1-7H3/b10-8-,11-9?/t16-,17+,21?,24?,25?,26?/m1/s1. The van der Waals surface area contributed by atoms with Crippen LogP contribution in [0.15, 0.2) is 30.4 Å². The van der Waals surface area contributed by atoms with Gasteiger partial charge in [0.1, 0.15) is 30.5 Å². The van der Waals surface area contributed by atoms with E-state index in [4.69, 9.17) is 37.9 Å². The first-order chi connectivity index (χ1) is 17.6. The molecule has 0 bridgehead atoms. The van der Waals surface area contributed by atoms with E-state index >= 15 is 0 Å². The highest BCUT2D eigenvalue weighted by Gasteiger charge is 2.48. The molecule has 1 N–H and O–H groups in total. The van der Waals surface area contributed by atoms with Gasteiger partial charge in [0.15, 0.2) is 30.8 Å². The molecule has 206 valence electrons. The van der Waals surface area contributed by atoms with Gasteiger partial charge in [-0.2, -0.15) is 0 Å². The summed E-state index contributed by atoms with van der Waals surface area (Å²) in [7, 11) is 4.54. The van der Waals surface area contributed by atoms with Gasteiger partial charge in [0.2, 0.25) is 0 Å². The van der Waals surface area contributed by atoms with Crippen molar-refractivity contribution in [3.05, 3.63) is 41.5 Å². The minimum atomic E-state index is -1.35. The maximum absolute atomic E-state index is 13.2. The van der Waals surface area contributed by atoms with Gasteiger partial charge in [-0.15, -0.1) is 0 Å². The van der Waals surface area contributed by atoms with Gasteiger partial charge < -0.3 is 43.0 Å². The van der Waals surface area contributed by atoms with Crippen molar-refractivity contribution in [3.63, 3.8) is 0 Å². The lowest BCUT2D eigenvalue weighted by molar-refractivity contribution is -0.164. The molecule has 1 saturated heterocycles. The molecule has 2 aliphatic rings. The van der Waals surface area contributed by atoms with Crippen molar-refractivity contribution >= 4 is 11.9 Å². The van der Waals surface area contributed by atoms with Crippen LogP contribution in [0.4, 0.5) is 0 Å². The molecular weight excluding hydrogens is 484 g/mol. The maximum atomic E-state index is 13.2. The minimum absolute atomic E-state index is 0.0422. The molecule has 0 aromatic heterocycles. The molecule has 1 aromatic carbocycles. The van der Waals surface area contributed by atoms with Gasteiger partial charge in [-0.1, -0.05) is 25.2 Å². The zero-order valence-electron chi connectivity index (χ0n) is 22.5. The van der Waals surface area contributed by atoms with Crippen molar-refractivity contribution < 1.29 is 47.8 Å². The molecule has 2 heterocycles. The maximum Gasteiger partial charge on any atom is 0.188 e. The normalized spacial score (nSPS) is 30.8. The Hall–Kier alpha value is -2.31. The average Bonchev–Trinajstić information content (AvgIpc) is 3.19. The molecule has 0 aliphatic carbocycles. The van der Waals surface area contributed by atoms with E-state index in [1.807, 2.05) is 13.8 Å². The first-order valence-corrected chi connectivity index (χ1v) is 12.1. The molecule has 1 aromatic rings. The molecule has 2 aliphatic heterocycles. The number of fused-ring (bicyclic) bond motifs is 2. The van der Waals surface area contributed by atoms with Crippen LogP contribution in [0.1, 0.15) is 45.1 Å². The van der Waals surface area contributed by atoms with Crippen LogP contribution in [-0.2, 0) is 33.2 Å². The monoisotopic (exact) mass is 522 g/mol. The Morgan fingerprint density at radius 2 is 1.73 bits per heavy atom. The fourth-order valence-corrected chi connectivity index (χ4v) is 4.13. The molecule has 10 heteroatoms. The number of methoxy groups -OCH3 is 3. The van der Waals surface area contributed by atoms with Crippen LogP contribution in [0.25, 0.3) is 6.08 Å². The number of ketones is 1. The molecule has 6 atom stereocenters. The summed E-state index contributed by atoms with van der Waals surface area (Å²) < 4.78 is 45.4. The largest absolute Gasteiger partial charge is 0.497 e. The number of rotatable bonds is 7. The quantitative estimate of drug-likeness (QED) is 0.535. The number of benzene rings is 1. The summed E-state index contributed by atoms with van der Waals surface area (Å²) in [5.41, 5.74) is 0.939. The highest BCUT2D eigenvalue weighted by atomic mass is 16.8. The summed E-state index contributed by atoms with van der Waals surface area (Å²) in [4.78, 5) is 13.2. The molecule has 4 unspecified atom stereocenters. The van der Waals surface area contributed by atoms with E-state index in [1.165, 1.54) is 27.4 Å². The van der Waals surface area contributed by atoms with Crippen molar-refractivity contribution in [2.24, 2.45) is 5.92 Å². The van der Waals surface area contributed by atoms with Crippen LogP contribution in [0.5, 0.6) is 11.5 Å². The third kappa shape index (κ3) is 7.38. The number of aliphatic hydroxyl groups is 1. The van der Waals surface area contributed by atoms with Crippen molar-refractivity contribution in [2.75, 3.05) is 34.9 Å². The Kier molecular flexibility index (Phi) is 10.3. The predicted octanol–water partition coefficient (Wildman–Crippen LogP) is 3.37. The SMILES string of the molecule is COCOc1cc(OC)cc2c1C(O)O[C@@H](C)[C@H](C)/C=C\C(=O)C1OC(C)(C)OC1C(OCOC)C=C2. The summed E-state index contributed by atoms with van der Waals surface area (Å²) in [6.07, 6.45) is 2.47. The van der Waals surface area contributed by atoms with E-state index in [1.54, 1.807) is 44.2 Å². The van der Waals surface area contributed by atoms with E-state index in [0.717, 1.165) is 0 Å². The summed E-state index contributed by atoms with van der Waals surface area (Å²) in [5, 5.41) is 11.2. The van der Waals surface area contributed by atoms with Gasteiger partial charge in [-0.25, -0.2) is 0 Å². The van der Waals surface area contributed by atoms with E-state index in [0.29, 0.717) is 22.6 Å². The number of hydrogen-bond acceptors (Lipinski definition) is 10. The molecular formula is C27H38O10. The van der Waals surface area contributed by atoms with Crippen LogP contribution < -0.4 is 9.47 Å². The number of ether oxygens (including phenoxy) is 8. The third-order valence-electron chi connectivity index (χ3n) is 6.19. The van der Waals surface area contributed by atoms with Crippen LogP contribution in [0.2, 0.25) is 0 Å². The van der Waals surface area contributed by atoms with Gasteiger partial charge >= 0.3 is 0 Å². The lowest BCUT2D eigenvalue weighted by atomic mass is 9.98. The Morgan fingerprint density at radius 1 is 1.00 bits per heavy atom. The molecule has 3 rings (SSSR count). The second-order valence-electron chi connectivity index (χ2n) is 9.41. The molecule has 0 saturated carbocycles. The fraction of sp³-hybridized carbons (Fsp3) is 0.593. The highest BCUT2D eigenvalue weighted by molar-refractivity contribution is 5.94. The van der Waals surface area contributed by atoms with Gasteiger partial charge in [0.05, 0.1) is 18.8 Å². The van der Waals surface area contributed by atoms with Crippen LogP contribution >= 0.6 is 0 Å². The fourth-order valence-electron chi connectivity index (χ4n) is 4.13. The minimum Gasteiger partial charge on any atom is -0.497 e. The smallest absolute Gasteiger partial charge is 0.188 e. The van der Waals surface area contributed by atoms with Crippen molar-refractivity contribution in [2.45, 2.75) is 64.2 Å². The molecule has 37 heavy (non-hydrogen) atoms. The summed E-state index contributed by atoms with van der Waals surface area (Å²) in [5.74, 6) is -0.646. The van der Waals surface area contributed by atoms with Crippen LogP contribution in [-0.4, -0.2) is 76.0 Å². The summed E-state index contributed by atoms with van der Waals surface area (Å²) in [6, 6.07) is 3.39. The van der Waals surface area contributed by atoms with Gasteiger partial charge in [0, 0.05) is 26.2 Å². The topological polar surface area (TPSA) is 111 Å². The zero-order valence-corrected chi connectivity index (χ0v) is 22.5. The molecule has 0 amide bonds. The highest BCUT2D eigenvalue weighted by Crippen LogP contribution is 2.38. The Balaban J connectivity index is 2.17.